The van der Waals surface area contributed by atoms with Crippen LogP contribution in [-0.4, -0.2) is 29.5 Å². The molecule has 0 saturated carbocycles. The summed E-state index contributed by atoms with van der Waals surface area (Å²) in [5.41, 5.74) is 9.70. The lowest BCUT2D eigenvalue weighted by Gasteiger charge is -2.11. The summed E-state index contributed by atoms with van der Waals surface area (Å²) >= 11 is 0. The zero-order valence-corrected chi connectivity index (χ0v) is 17.5. The predicted octanol–water partition coefficient (Wildman–Crippen LogP) is 3.88. The van der Waals surface area contributed by atoms with E-state index in [1.807, 2.05) is 56.3 Å². The van der Waals surface area contributed by atoms with Crippen LogP contribution in [-0.2, 0) is 9.84 Å². The summed E-state index contributed by atoms with van der Waals surface area (Å²) in [5, 5.41) is 0.670. The molecule has 0 aliphatic rings. The van der Waals surface area contributed by atoms with E-state index < -0.39 is 21.4 Å². The van der Waals surface area contributed by atoms with Crippen molar-refractivity contribution in [3.63, 3.8) is 0 Å². The fourth-order valence-corrected chi connectivity index (χ4v) is 4.61. The first-order chi connectivity index (χ1) is 14.2. The highest BCUT2D eigenvalue weighted by Crippen LogP contribution is 2.27. The first-order valence-corrected chi connectivity index (χ1v) is 11.1. The highest BCUT2D eigenvalue weighted by molar-refractivity contribution is 7.92. The van der Waals surface area contributed by atoms with Gasteiger partial charge in [0.2, 0.25) is 9.84 Å². The van der Waals surface area contributed by atoms with Gasteiger partial charge in [0.15, 0.2) is 10.8 Å². The van der Waals surface area contributed by atoms with Crippen molar-refractivity contribution in [3.8, 4) is 5.69 Å². The average molecular weight is 420 g/mol. The third-order valence-electron chi connectivity index (χ3n) is 4.92. The molecule has 0 aliphatic heterocycles. The molecule has 7 heteroatoms. The molecule has 2 N–H and O–H groups in total. The molecule has 4 aromatic rings. The number of fused-ring (bicyclic) bond motifs is 1. The third kappa shape index (κ3) is 3.71. The van der Waals surface area contributed by atoms with Gasteiger partial charge in [0.25, 0.3) is 0 Å². The maximum Gasteiger partial charge on any atom is 0.203 e. The second-order valence-electron chi connectivity index (χ2n) is 7.35. The van der Waals surface area contributed by atoms with Gasteiger partial charge in [-0.2, -0.15) is 0 Å². The summed E-state index contributed by atoms with van der Waals surface area (Å²) in [5.74, 6) is -1.11. The summed E-state index contributed by atoms with van der Waals surface area (Å²) in [6.45, 7) is 3.96. The number of nitrogens with zero attached hydrogens (tertiary/aromatic N) is 2. The van der Waals surface area contributed by atoms with Crippen molar-refractivity contribution < 1.29 is 13.2 Å². The van der Waals surface area contributed by atoms with Gasteiger partial charge in [-0.1, -0.05) is 35.4 Å². The van der Waals surface area contributed by atoms with Crippen LogP contribution in [0.25, 0.3) is 16.6 Å². The van der Waals surface area contributed by atoms with E-state index in [-0.39, 0.29) is 10.8 Å². The molecule has 0 spiro atoms. The van der Waals surface area contributed by atoms with E-state index in [0.29, 0.717) is 5.69 Å². The van der Waals surface area contributed by atoms with Crippen LogP contribution in [0.15, 0.2) is 71.8 Å². The number of benzene rings is 2. The number of aromatic nitrogens is 2. The number of carbonyl (C=O) groups excluding carboxylic acids is 1. The molecule has 2 aromatic heterocycles. The van der Waals surface area contributed by atoms with E-state index in [2.05, 4.69) is 4.98 Å². The van der Waals surface area contributed by atoms with Crippen LogP contribution in [0, 0.1) is 13.8 Å². The van der Waals surface area contributed by atoms with E-state index >= 15 is 0 Å². The van der Waals surface area contributed by atoms with Gasteiger partial charge in [0.05, 0.1) is 11.2 Å². The Morgan fingerprint density at radius 3 is 2.37 bits per heavy atom. The summed E-state index contributed by atoms with van der Waals surface area (Å²) in [4.78, 5) is 17.0. The Labute approximate surface area is 174 Å². The van der Waals surface area contributed by atoms with Crippen LogP contribution in [0.2, 0.25) is 0 Å². The number of hydrogen-bond donors (Lipinski definition) is 1. The van der Waals surface area contributed by atoms with E-state index in [4.69, 9.17) is 5.73 Å². The van der Waals surface area contributed by atoms with Gasteiger partial charge in [0, 0.05) is 11.1 Å². The van der Waals surface area contributed by atoms with Gasteiger partial charge >= 0.3 is 0 Å². The maximum atomic E-state index is 13.2. The van der Waals surface area contributed by atoms with Crippen molar-refractivity contribution in [1.29, 1.82) is 0 Å². The van der Waals surface area contributed by atoms with E-state index in [9.17, 15) is 13.2 Å². The van der Waals surface area contributed by atoms with Crippen molar-refractivity contribution in [2.24, 2.45) is 0 Å². The number of rotatable bonds is 5. The topological polar surface area (TPSA) is 95.0 Å². The molecule has 0 fully saturated rings. The highest BCUT2D eigenvalue weighted by Gasteiger charge is 2.25. The van der Waals surface area contributed by atoms with Crippen molar-refractivity contribution in [2.75, 3.05) is 11.5 Å². The Balaban J connectivity index is 1.82. The van der Waals surface area contributed by atoms with Gasteiger partial charge in [0.1, 0.15) is 11.6 Å². The molecular formula is C23H21N3O3S. The summed E-state index contributed by atoms with van der Waals surface area (Å²) in [6.07, 6.45) is 0. The quantitative estimate of drug-likeness (QED) is 0.495. The zero-order valence-electron chi connectivity index (χ0n) is 16.7. The lowest BCUT2D eigenvalue weighted by atomic mass is 10.2. The summed E-state index contributed by atoms with van der Waals surface area (Å²) in [7, 11) is -3.94. The minimum Gasteiger partial charge on any atom is -0.384 e. The summed E-state index contributed by atoms with van der Waals surface area (Å²) in [6, 6.07) is 19.7. The number of Topliss-reactive ketones (excluding diaryl/α,β-unsaturated/α-hetero) is 1. The molecule has 0 atom stereocenters. The van der Waals surface area contributed by atoms with Gasteiger partial charge < -0.3 is 10.3 Å². The fraction of sp³-hybridized carbons (Fsp3) is 0.130. The number of hydrogen-bond acceptors (Lipinski definition) is 5. The standard InChI is InChI=1S/C23H21N3O3S/c1-15-6-9-18(10-7-15)26-19-11-8-16(2)12-17(19)13-20(26)21(27)14-30(28,29)23-5-3-4-22(24)25-23/h3-13H,14H2,1-2H3,(H2,24,25). The Kier molecular flexibility index (Phi) is 4.91. The fourth-order valence-electron chi connectivity index (χ4n) is 3.44. The number of nitrogens with two attached hydrogens (primary N) is 1. The lowest BCUT2D eigenvalue weighted by Crippen LogP contribution is -2.20. The number of anilines is 1. The van der Waals surface area contributed by atoms with Crippen LogP contribution < -0.4 is 5.73 Å². The number of nitrogen functional groups attached to an aromatic ring is 1. The van der Waals surface area contributed by atoms with Crippen molar-refractivity contribution in [1.82, 2.24) is 9.55 Å². The Bertz CT molecular complexity index is 1370. The number of ketones is 1. The molecule has 0 saturated heterocycles. The lowest BCUT2D eigenvalue weighted by molar-refractivity contribution is 0.101. The van der Waals surface area contributed by atoms with Crippen LogP contribution in [0.5, 0.6) is 0 Å². The molecule has 0 bridgehead atoms. The van der Waals surface area contributed by atoms with Gasteiger partial charge in [-0.3, -0.25) is 4.79 Å². The molecule has 2 aromatic carbocycles. The zero-order chi connectivity index (χ0) is 21.5. The monoisotopic (exact) mass is 419 g/mol. The smallest absolute Gasteiger partial charge is 0.203 e. The van der Waals surface area contributed by atoms with Gasteiger partial charge in [-0.15, -0.1) is 0 Å². The molecule has 6 nitrogen and oxygen atoms in total. The molecule has 30 heavy (non-hydrogen) atoms. The molecule has 0 aliphatic carbocycles. The maximum absolute atomic E-state index is 13.2. The largest absolute Gasteiger partial charge is 0.384 e. The normalized spacial score (nSPS) is 11.7. The minimum absolute atomic E-state index is 0.0905. The Hall–Kier alpha value is -3.45. The van der Waals surface area contributed by atoms with Crippen LogP contribution >= 0.6 is 0 Å². The Morgan fingerprint density at radius 1 is 0.967 bits per heavy atom. The van der Waals surface area contributed by atoms with Crippen molar-refractivity contribution in [3.05, 3.63) is 83.6 Å². The van der Waals surface area contributed by atoms with Gasteiger partial charge in [-0.05, 0) is 56.3 Å². The Morgan fingerprint density at radius 2 is 1.67 bits per heavy atom. The molecule has 152 valence electrons. The minimum atomic E-state index is -3.94. The van der Waals surface area contributed by atoms with E-state index in [1.54, 1.807) is 10.6 Å². The van der Waals surface area contributed by atoms with Crippen molar-refractivity contribution in [2.45, 2.75) is 18.9 Å². The molecule has 4 rings (SSSR count). The van der Waals surface area contributed by atoms with Crippen LogP contribution in [0.1, 0.15) is 21.6 Å². The molecule has 0 unspecified atom stereocenters. The van der Waals surface area contributed by atoms with Gasteiger partial charge in [-0.25, -0.2) is 13.4 Å². The highest BCUT2D eigenvalue weighted by atomic mass is 32.2. The molecular weight excluding hydrogens is 398 g/mol. The number of carbonyl (C=O) groups is 1. The van der Waals surface area contributed by atoms with Crippen LogP contribution in [0.3, 0.4) is 0 Å². The molecule has 0 amide bonds. The predicted molar refractivity (Wildman–Crippen MR) is 118 cm³/mol. The van der Waals surface area contributed by atoms with E-state index in [1.165, 1.54) is 18.2 Å². The first-order valence-electron chi connectivity index (χ1n) is 9.42. The number of sulfone groups is 1. The van der Waals surface area contributed by atoms with Crippen LogP contribution in [0.4, 0.5) is 5.82 Å². The third-order valence-corrected chi connectivity index (χ3v) is 6.43. The van der Waals surface area contributed by atoms with E-state index in [0.717, 1.165) is 27.7 Å². The van der Waals surface area contributed by atoms with Crippen molar-refractivity contribution >= 4 is 32.3 Å². The second-order valence-corrected chi connectivity index (χ2v) is 9.28. The molecule has 2 heterocycles. The second kappa shape index (κ2) is 7.42. The first kappa shape index (κ1) is 19.8. The average Bonchev–Trinajstić information content (AvgIpc) is 3.07. The SMILES string of the molecule is Cc1ccc(-n2c(C(=O)CS(=O)(=O)c3cccc(N)n3)cc3cc(C)ccc32)cc1. The molecule has 0 radical (unpaired) electrons. The summed E-state index contributed by atoms with van der Waals surface area (Å²) < 4.78 is 27.4. The number of aryl methyl sites for hydroxylation is 2. The number of pyridine rings is 1.